The number of fused-ring (bicyclic) bond motifs is 1. The maximum Gasteiger partial charge on any atom is 0.145 e. The molecule has 0 saturated carbocycles. The predicted molar refractivity (Wildman–Crippen MR) is 82.0 cm³/mol. The number of benzene rings is 2. The van der Waals surface area contributed by atoms with Gasteiger partial charge in [-0.05, 0) is 30.3 Å². The third-order valence-corrected chi connectivity index (χ3v) is 3.26. The summed E-state index contributed by atoms with van der Waals surface area (Å²) in [6.45, 7) is 0.525. The average molecular weight is 282 g/mol. The molecule has 0 aliphatic carbocycles. The van der Waals surface area contributed by atoms with Crippen LogP contribution in [0.25, 0.3) is 10.9 Å². The summed E-state index contributed by atoms with van der Waals surface area (Å²) >= 11 is 0. The molecular formula is C17H15FN2O. The van der Waals surface area contributed by atoms with Gasteiger partial charge in [0.1, 0.15) is 17.1 Å². The van der Waals surface area contributed by atoms with Gasteiger partial charge in [0.25, 0.3) is 0 Å². The molecule has 0 fully saturated rings. The van der Waals surface area contributed by atoms with E-state index in [2.05, 4.69) is 10.3 Å². The Hall–Kier alpha value is -2.62. The number of para-hydroxylation sites is 1. The van der Waals surface area contributed by atoms with E-state index in [1.165, 1.54) is 12.1 Å². The van der Waals surface area contributed by atoms with Crippen molar-refractivity contribution in [2.45, 2.75) is 6.54 Å². The van der Waals surface area contributed by atoms with Crippen LogP contribution in [0, 0.1) is 5.82 Å². The van der Waals surface area contributed by atoms with E-state index < -0.39 is 0 Å². The lowest BCUT2D eigenvalue weighted by molar-refractivity contribution is 0.419. The van der Waals surface area contributed by atoms with Crippen molar-refractivity contribution >= 4 is 16.6 Å². The summed E-state index contributed by atoms with van der Waals surface area (Å²) < 4.78 is 18.5. The van der Waals surface area contributed by atoms with E-state index in [1.807, 2.05) is 36.4 Å². The fourth-order valence-electron chi connectivity index (χ4n) is 2.21. The second-order valence-electron chi connectivity index (χ2n) is 4.70. The molecule has 0 radical (unpaired) electrons. The molecule has 0 bridgehead atoms. The van der Waals surface area contributed by atoms with Crippen LogP contribution in [0.3, 0.4) is 0 Å². The quantitative estimate of drug-likeness (QED) is 0.785. The Morgan fingerprint density at radius 3 is 2.76 bits per heavy atom. The fourth-order valence-corrected chi connectivity index (χ4v) is 2.21. The molecule has 3 nitrogen and oxygen atoms in total. The maximum absolute atomic E-state index is 13.1. The van der Waals surface area contributed by atoms with E-state index in [-0.39, 0.29) is 5.82 Å². The molecule has 1 N–H and O–H groups in total. The first-order valence-electron chi connectivity index (χ1n) is 6.68. The number of rotatable bonds is 4. The van der Waals surface area contributed by atoms with Crippen LogP contribution in [0.5, 0.6) is 5.75 Å². The minimum Gasteiger partial charge on any atom is -0.494 e. The number of anilines is 1. The van der Waals surface area contributed by atoms with Gasteiger partial charge < -0.3 is 10.1 Å². The van der Waals surface area contributed by atoms with Crippen molar-refractivity contribution < 1.29 is 9.13 Å². The third kappa shape index (κ3) is 2.94. The van der Waals surface area contributed by atoms with Gasteiger partial charge in [0.2, 0.25) is 0 Å². The zero-order valence-corrected chi connectivity index (χ0v) is 11.6. The maximum atomic E-state index is 13.1. The van der Waals surface area contributed by atoms with Gasteiger partial charge in [-0.25, -0.2) is 9.37 Å². The average Bonchev–Trinajstić information content (AvgIpc) is 2.52. The molecule has 0 unspecified atom stereocenters. The molecule has 3 rings (SSSR count). The number of aromatic nitrogens is 1. The summed E-state index contributed by atoms with van der Waals surface area (Å²) in [5, 5.41) is 4.19. The van der Waals surface area contributed by atoms with E-state index in [9.17, 15) is 4.39 Å². The number of halogens is 1. The lowest BCUT2D eigenvalue weighted by atomic mass is 10.2. The Kier molecular flexibility index (Phi) is 3.69. The van der Waals surface area contributed by atoms with Gasteiger partial charge in [-0.1, -0.05) is 24.3 Å². The highest BCUT2D eigenvalue weighted by Gasteiger charge is 2.04. The molecular weight excluding hydrogens is 267 g/mol. The summed E-state index contributed by atoms with van der Waals surface area (Å²) in [7, 11) is 1.63. The van der Waals surface area contributed by atoms with Crippen LogP contribution in [-0.2, 0) is 6.54 Å². The van der Waals surface area contributed by atoms with E-state index in [4.69, 9.17) is 4.74 Å². The first-order chi connectivity index (χ1) is 10.3. The Morgan fingerprint density at radius 1 is 1.10 bits per heavy atom. The highest BCUT2D eigenvalue weighted by atomic mass is 19.1. The van der Waals surface area contributed by atoms with Crippen LogP contribution in [0.15, 0.2) is 54.6 Å². The number of nitrogens with one attached hydrogen (secondary N) is 1. The second-order valence-corrected chi connectivity index (χ2v) is 4.70. The SMILES string of the molecule is COc1cccc2ccc(CNc3cccc(F)c3)nc12. The molecule has 0 aliphatic heterocycles. The van der Waals surface area contributed by atoms with Crippen molar-refractivity contribution in [3.8, 4) is 5.75 Å². The number of methoxy groups -OCH3 is 1. The molecule has 0 amide bonds. The topological polar surface area (TPSA) is 34.1 Å². The van der Waals surface area contributed by atoms with E-state index in [0.29, 0.717) is 6.54 Å². The molecule has 106 valence electrons. The second kappa shape index (κ2) is 5.79. The highest BCUT2D eigenvalue weighted by molar-refractivity contribution is 5.84. The summed E-state index contributed by atoms with van der Waals surface area (Å²) in [5.74, 6) is 0.494. The van der Waals surface area contributed by atoms with Crippen molar-refractivity contribution in [1.82, 2.24) is 4.98 Å². The number of ether oxygens (including phenoxy) is 1. The summed E-state index contributed by atoms with van der Waals surface area (Å²) in [6, 6.07) is 16.2. The first-order valence-corrected chi connectivity index (χ1v) is 6.68. The largest absolute Gasteiger partial charge is 0.494 e. The van der Waals surface area contributed by atoms with E-state index in [1.54, 1.807) is 13.2 Å². The van der Waals surface area contributed by atoms with Gasteiger partial charge >= 0.3 is 0 Å². The number of hydrogen-bond acceptors (Lipinski definition) is 3. The highest BCUT2D eigenvalue weighted by Crippen LogP contribution is 2.23. The van der Waals surface area contributed by atoms with Crippen LogP contribution in [-0.4, -0.2) is 12.1 Å². The fraction of sp³-hybridized carbons (Fsp3) is 0.118. The van der Waals surface area contributed by atoms with Crippen LogP contribution >= 0.6 is 0 Å². The Balaban J connectivity index is 1.84. The van der Waals surface area contributed by atoms with Gasteiger partial charge in [-0.15, -0.1) is 0 Å². The summed E-state index contributed by atoms with van der Waals surface area (Å²) in [4.78, 5) is 4.60. The van der Waals surface area contributed by atoms with Crippen molar-refractivity contribution in [3.05, 3.63) is 66.1 Å². The van der Waals surface area contributed by atoms with Crippen LogP contribution in [0.4, 0.5) is 10.1 Å². The standard InChI is InChI=1S/C17H15FN2O/c1-21-16-7-2-4-12-8-9-15(20-17(12)16)11-19-14-6-3-5-13(18)10-14/h2-10,19H,11H2,1H3. The minimum absolute atomic E-state index is 0.256. The lowest BCUT2D eigenvalue weighted by Gasteiger charge is -2.09. The molecule has 2 aromatic carbocycles. The minimum atomic E-state index is -0.256. The zero-order chi connectivity index (χ0) is 14.7. The third-order valence-electron chi connectivity index (χ3n) is 3.26. The van der Waals surface area contributed by atoms with Crippen LogP contribution in [0.1, 0.15) is 5.69 Å². The Bertz CT molecular complexity index is 774. The molecule has 1 aromatic heterocycles. The van der Waals surface area contributed by atoms with Gasteiger partial charge in [-0.3, -0.25) is 0 Å². The molecule has 0 atom stereocenters. The Morgan fingerprint density at radius 2 is 1.95 bits per heavy atom. The van der Waals surface area contributed by atoms with Crippen LogP contribution in [0.2, 0.25) is 0 Å². The summed E-state index contributed by atoms with van der Waals surface area (Å²) in [6.07, 6.45) is 0. The van der Waals surface area contributed by atoms with Crippen LogP contribution < -0.4 is 10.1 Å². The van der Waals surface area contributed by atoms with Gasteiger partial charge in [0, 0.05) is 11.1 Å². The van der Waals surface area contributed by atoms with Crippen molar-refractivity contribution in [1.29, 1.82) is 0 Å². The molecule has 0 spiro atoms. The number of nitrogens with zero attached hydrogens (tertiary/aromatic N) is 1. The summed E-state index contributed by atoms with van der Waals surface area (Å²) in [5.41, 5.74) is 2.44. The predicted octanol–water partition coefficient (Wildman–Crippen LogP) is 3.99. The monoisotopic (exact) mass is 282 g/mol. The molecule has 4 heteroatoms. The molecule has 0 aliphatic rings. The van der Waals surface area contributed by atoms with E-state index in [0.717, 1.165) is 28.0 Å². The lowest BCUT2D eigenvalue weighted by Crippen LogP contribution is -2.02. The van der Waals surface area contributed by atoms with Crippen molar-refractivity contribution in [2.75, 3.05) is 12.4 Å². The number of pyridine rings is 1. The molecule has 3 aromatic rings. The van der Waals surface area contributed by atoms with Crippen molar-refractivity contribution in [3.63, 3.8) is 0 Å². The van der Waals surface area contributed by atoms with Gasteiger partial charge in [-0.2, -0.15) is 0 Å². The smallest absolute Gasteiger partial charge is 0.145 e. The number of hydrogen-bond donors (Lipinski definition) is 1. The van der Waals surface area contributed by atoms with E-state index >= 15 is 0 Å². The van der Waals surface area contributed by atoms with Gasteiger partial charge in [0.15, 0.2) is 0 Å². The first kappa shape index (κ1) is 13.4. The zero-order valence-electron chi connectivity index (χ0n) is 11.6. The molecule has 0 saturated heterocycles. The van der Waals surface area contributed by atoms with Gasteiger partial charge in [0.05, 0.1) is 19.3 Å². The molecule has 21 heavy (non-hydrogen) atoms. The normalized spacial score (nSPS) is 10.6. The van der Waals surface area contributed by atoms with Crippen molar-refractivity contribution in [2.24, 2.45) is 0 Å². The molecule has 1 heterocycles. The Labute approximate surface area is 122 Å².